The van der Waals surface area contributed by atoms with Crippen LogP contribution in [0, 0.1) is 0 Å². The average molecular weight is 324 g/mol. The molecule has 2 aliphatic rings. The van der Waals surface area contributed by atoms with Crippen LogP contribution in [0.2, 0.25) is 0 Å². The van der Waals surface area contributed by atoms with E-state index in [1.807, 2.05) is 6.20 Å². The van der Waals surface area contributed by atoms with Crippen molar-refractivity contribution in [1.82, 2.24) is 15.6 Å². The zero-order valence-corrected chi connectivity index (χ0v) is 14.0. The number of carbonyl (C=O) groups excluding carboxylic acids is 1. The standard InChI is InChI=1S/C15H24N4O2S/c1-15(2)12(3-6-17-15)18-13(20)19-14-16-9-11(22-14)10-4-7-21-8-5-10/h9-10,12,17H,3-8H2,1-2H3,(H2,16,18,19,20). The molecular formula is C15H24N4O2S. The Bertz CT molecular complexity index is 525. The molecule has 1 aromatic heterocycles. The molecule has 1 aromatic rings. The van der Waals surface area contributed by atoms with Gasteiger partial charge in [-0.05, 0) is 45.6 Å². The second-order valence-corrected chi connectivity index (χ2v) is 7.60. The van der Waals surface area contributed by atoms with Gasteiger partial charge in [-0.1, -0.05) is 0 Å². The number of anilines is 1. The molecule has 0 aliphatic carbocycles. The molecule has 22 heavy (non-hydrogen) atoms. The van der Waals surface area contributed by atoms with Crippen molar-refractivity contribution in [1.29, 1.82) is 0 Å². The number of urea groups is 1. The van der Waals surface area contributed by atoms with E-state index in [0.717, 1.165) is 39.0 Å². The first-order valence-corrected chi connectivity index (χ1v) is 8.72. The van der Waals surface area contributed by atoms with Gasteiger partial charge in [0, 0.05) is 35.9 Å². The predicted octanol–water partition coefficient (Wildman–Crippen LogP) is 2.30. The predicted molar refractivity (Wildman–Crippen MR) is 87.5 cm³/mol. The van der Waals surface area contributed by atoms with E-state index in [-0.39, 0.29) is 17.6 Å². The van der Waals surface area contributed by atoms with Gasteiger partial charge in [0.1, 0.15) is 0 Å². The lowest BCUT2D eigenvalue weighted by atomic mass is 9.97. The highest BCUT2D eigenvalue weighted by Crippen LogP contribution is 2.32. The summed E-state index contributed by atoms with van der Waals surface area (Å²) in [5.74, 6) is 0.517. The van der Waals surface area contributed by atoms with Crippen molar-refractivity contribution in [3.05, 3.63) is 11.1 Å². The highest BCUT2D eigenvalue weighted by Gasteiger charge is 2.35. The Kier molecular flexibility index (Phi) is 4.65. The third kappa shape index (κ3) is 3.59. The third-order valence-corrected chi connectivity index (χ3v) is 5.63. The molecule has 3 rings (SSSR count). The SMILES string of the molecule is CC1(C)NCCC1NC(=O)Nc1ncc(C2CCOCC2)s1. The number of rotatable bonds is 3. The van der Waals surface area contributed by atoms with Crippen molar-refractivity contribution in [2.75, 3.05) is 25.1 Å². The first kappa shape index (κ1) is 15.7. The molecule has 3 N–H and O–H groups in total. The second-order valence-electron chi connectivity index (χ2n) is 6.54. The van der Waals surface area contributed by atoms with Crippen LogP contribution >= 0.6 is 11.3 Å². The van der Waals surface area contributed by atoms with E-state index < -0.39 is 0 Å². The quantitative estimate of drug-likeness (QED) is 0.797. The van der Waals surface area contributed by atoms with E-state index in [2.05, 4.69) is 34.8 Å². The number of carbonyl (C=O) groups is 1. The number of ether oxygens (including phenoxy) is 1. The van der Waals surface area contributed by atoms with Gasteiger partial charge in [-0.3, -0.25) is 5.32 Å². The third-order valence-electron chi connectivity index (χ3n) is 4.56. The molecule has 2 fully saturated rings. The van der Waals surface area contributed by atoms with Gasteiger partial charge in [0.15, 0.2) is 5.13 Å². The Hall–Kier alpha value is -1.18. The maximum absolute atomic E-state index is 12.1. The zero-order valence-electron chi connectivity index (χ0n) is 13.1. The van der Waals surface area contributed by atoms with Crippen LogP contribution in [-0.4, -0.2) is 42.4 Å². The Morgan fingerprint density at radius 1 is 1.41 bits per heavy atom. The molecule has 2 aliphatic heterocycles. The van der Waals surface area contributed by atoms with E-state index in [0.29, 0.717) is 11.0 Å². The maximum atomic E-state index is 12.1. The van der Waals surface area contributed by atoms with Gasteiger partial charge in [-0.25, -0.2) is 9.78 Å². The van der Waals surface area contributed by atoms with Crippen molar-refractivity contribution in [3.63, 3.8) is 0 Å². The van der Waals surface area contributed by atoms with Gasteiger partial charge < -0.3 is 15.4 Å². The number of hydrogen-bond donors (Lipinski definition) is 3. The minimum absolute atomic E-state index is 0.0620. The summed E-state index contributed by atoms with van der Waals surface area (Å²) in [6.07, 6.45) is 4.91. The maximum Gasteiger partial charge on any atom is 0.321 e. The molecule has 122 valence electrons. The highest BCUT2D eigenvalue weighted by atomic mass is 32.1. The summed E-state index contributed by atoms with van der Waals surface area (Å²) in [5.41, 5.74) is -0.0620. The molecule has 6 nitrogen and oxygen atoms in total. The summed E-state index contributed by atoms with van der Waals surface area (Å²) >= 11 is 1.57. The number of nitrogens with one attached hydrogen (secondary N) is 3. The van der Waals surface area contributed by atoms with Crippen LogP contribution < -0.4 is 16.0 Å². The zero-order chi connectivity index (χ0) is 15.6. The molecule has 2 saturated heterocycles. The smallest absolute Gasteiger partial charge is 0.321 e. The lowest BCUT2D eigenvalue weighted by Crippen LogP contribution is -2.51. The van der Waals surface area contributed by atoms with E-state index in [1.165, 1.54) is 4.88 Å². The average Bonchev–Trinajstić information content (AvgIpc) is 3.07. The van der Waals surface area contributed by atoms with E-state index >= 15 is 0 Å². The number of thiazole rings is 1. The Morgan fingerprint density at radius 2 is 2.18 bits per heavy atom. The first-order valence-electron chi connectivity index (χ1n) is 7.90. The molecule has 0 spiro atoms. The van der Waals surface area contributed by atoms with E-state index in [9.17, 15) is 4.79 Å². The summed E-state index contributed by atoms with van der Waals surface area (Å²) in [6, 6.07) is -0.0305. The fraction of sp³-hybridized carbons (Fsp3) is 0.733. The van der Waals surface area contributed by atoms with Crippen LogP contribution in [0.25, 0.3) is 0 Å². The Balaban J connectivity index is 1.54. The van der Waals surface area contributed by atoms with Crippen molar-refractivity contribution in [2.45, 2.75) is 50.6 Å². The monoisotopic (exact) mass is 324 g/mol. The molecule has 0 radical (unpaired) electrons. The first-order chi connectivity index (χ1) is 10.5. The van der Waals surface area contributed by atoms with Crippen molar-refractivity contribution < 1.29 is 9.53 Å². The van der Waals surface area contributed by atoms with Gasteiger partial charge in [0.05, 0.1) is 0 Å². The number of amides is 2. The fourth-order valence-electron chi connectivity index (χ4n) is 3.08. The van der Waals surface area contributed by atoms with Crippen LogP contribution in [0.4, 0.5) is 9.93 Å². The minimum atomic E-state index is -0.172. The van der Waals surface area contributed by atoms with Crippen molar-refractivity contribution in [3.8, 4) is 0 Å². The number of hydrogen-bond acceptors (Lipinski definition) is 5. The minimum Gasteiger partial charge on any atom is -0.381 e. The molecule has 3 heterocycles. The van der Waals surface area contributed by atoms with Gasteiger partial charge in [-0.15, -0.1) is 11.3 Å². The van der Waals surface area contributed by atoms with E-state index in [1.54, 1.807) is 11.3 Å². The van der Waals surface area contributed by atoms with Crippen LogP contribution in [0.5, 0.6) is 0 Å². The summed E-state index contributed by atoms with van der Waals surface area (Å²) in [5, 5.41) is 9.97. The van der Waals surface area contributed by atoms with Crippen LogP contribution in [-0.2, 0) is 4.74 Å². The molecule has 1 atom stereocenters. The molecule has 1 unspecified atom stereocenters. The normalized spacial score (nSPS) is 25.1. The fourth-order valence-corrected chi connectivity index (χ4v) is 4.06. The van der Waals surface area contributed by atoms with Crippen molar-refractivity contribution in [2.24, 2.45) is 0 Å². The molecule has 7 heteroatoms. The highest BCUT2D eigenvalue weighted by molar-refractivity contribution is 7.15. The summed E-state index contributed by atoms with van der Waals surface area (Å²) in [7, 11) is 0. The summed E-state index contributed by atoms with van der Waals surface area (Å²) in [4.78, 5) is 17.7. The Labute approximate surface area is 135 Å². The van der Waals surface area contributed by atoms with Crippen LogP contribution in [0.15, 0.2) is 6.20 Å². The molecule has 0 saturated carbocycles. The summed E-state index contributed by atoms with van der Waals surface area (Å²) < 4.78 is 5.38. The van der Waals surface area contributed by atoms with Gasteiger partial charge in [0.2, 0.25) is 0 Å². The van der Waals surface area contributed by atoms with Gasteiger partial charge in [-0.2, -0.15) is 0 Å². The topological polar surface area (TPSA) is 75.3 Å². The molecular weight excluding hydrogens is 300 g/mol. The van der Waals surface area contributed by atoms with Gasteiger partial charge >= 0.3 is 6.03 Å². The van der Waals surface area contributed by atoms with E-state index in [4.69, 9.17) is 4.74 Å². The second kappa shape index (κ2) is 6.52. The molecule has 2 amide bonds. The van der Waals surface area contributed by atoms with Crippen LogP contribution in [0.1, 0.15) is 43.9 Å². The number of nitrogens with zero attached hydrogens (tertiary/aromatic N) is 1. The molecule has 0 aromatic carbocycles. The largest absolute Gasteiger partial charge is 0.381 e. The van der Waals surface area contributed by atoms with Crippen LogP contribution in [0.3, 0.4) is 0 Å². The molecule has 0 bridgehead atoms. The van der Waals surface area contributed by atoms with Gasteiger partial charge in [0.25, 0.3) is 0 Å². The number of aromatic nitrogens is 1. The van der Waals surface area contributed by atoms with Crippen molar-refractivity contribution >= 4 is 22.5 Å². The Morgan fingerprint density at radius 3 is 2.86 bits per heavy atom. The lowest BCUT2D eigenvalue weighted by molar-refractivity contribution is 0.0860. The summed E-state index contributed by atoms with van der Waals surface area (Å²) in [6.45, 7) is 6.78. The lowest BCUT2D eigenvalue weighted by Gasteiger charge is -2.27.